The highest BCUT2D eigenvalue weighted by Crippen LogP contribution is 2.09. The summed E-state index contributed by atoms with van der Waals surface area (Å²) in [5.74, 6) is -0.416. The molecule has 23 heavy (non-hydrogen) atoms. The van der Waals surface area contributed by atoms with E-state index in [-0.39, 0.29) is 17.9 Å². The van der Waals surface area contributed by atoms with Crippen molar-refractivity contribution < 1.29 is 9.59 Å². The van der Waals surface area contributed by atoms with Crippen LogP contribution >= 0.6 is 22.7 Å². The number of aryl methyl sites for hydroxylation is 2. The van der Waals surface area contributed by atoms with Gasteiger partial charge in [-0.1, -0.05) is 13.3 Å². The molecular weight excluding hydrogens is 332 g/mol. The Labute approximate surface area is 143 Å². The first-order valence-corrected chi connectivity index (χ1v) is 9.18. The van der Waals surface area contributed by atoms with Gasteiger partial charge < -0.3 is 10.6 Å². The van der Waals surface area contributed by atoms with Crippen LogP contribution in [0.15, 0.2) is 10.8 Å². The molecule has 8 heteroatoms. The third-order valence-electron chi connectivity index (χ3n) is 3.18. The van der Waals surface area contributed by atoms with Crippen molar-refractivity contribution in [3.63, 3.8) is 0 Å². The first-order valence-electron chi connectivity index (χ1n) is 7.43. The number of rotatable bonds is 7. The fourth-order valence-electron chi connectivity index (χ4n) is 2.07. The minimum Gasteiger partial charge on any atom is -0.349 e. The second-order valence-corrected chi connectivity index (χ2v) is 7.30. The van der Waals surface area contributed by atoms with Crippen LogP contribution in [0.2, 0.25) is 0 Å². The van der Waals surface area contributed by atoms with Gasteiger partial charge in [0.05, 0.1) is 10.0 Å². The van der Waals surface area contributed by atoms with E-state index in [1.54, 1.807) is 10.8 Å². The normalized spacial score (nSPS) is 12.0. The van der Waals surface area contributed by atoms with Crippen LogP contribution in [-0.4, -0.2) is 34.4 Å². The van der Waals surface area contributed by atoms with Crippen molar-refractivity contribution in [3.8, 4) is 0 Å². The van der Waals surface area contributed by atoms with Crippen molar-refractivity contribution in [2.75, 3.05) is 6.54 Å². The number of amides is 2. The SMILES string of the molecule is CCCC(CNC(=O)c1csc(C)n1)NC(=O)c1csc(C)n1. The van der Waals surface area contributed by atoms with Gasteiger partial charge in [-0.3, -0.25) is 9.59 Å². The van der Waals surface area contributed by atoms with Gasteiger partial charge in [0.1, 0.15) is 11.4 Å². The molecule has 0 saturated carbocycles. The van der Waals surface area contributed by atoms with Crippen molar-refractivity contribution in [1.29, 1.82) is 0 Å². The lowest BCUT2D eigenvalue weighted by atomic mass is 10.1. The highest BCUT2D eigenvalue weighted by molar-refractivity contribution is 7.10. The van der Waals surface area contributed by atoms with Crippen LogP contribution in [0.5, 0.6) is 0 Å². The molecule has 0 saturated heterocycles. The maximum Gasteiger partial charge on any atom is 0.271 e. The molecule has 0 aromatic carbocycles. The monoisotopic (exact) mass is 352 g/mol. The van der Waals surface area contributed by atoms with Gasteiger partial charge in [-0.15, -0.1) is 22.7 Å². The van der Waals surface area contributed by atoms with Crippen LogP contribution < -0.4 is 10.6 Å². The van der Waals surface area contributed by atoms with Crippen LogP contribution in [0.1, 0.15) is 50.8 Å². The number of carbonyl (C=O) groups excluding carboxylic acids is 2. The lowest BCUT2D eigenvalue weighted by Crippen LogP contribution is -2.43. The average Bonchev–Trinajstić information content (AvgIpc) is 3.13. The number of hydrogen-bond donors (Lipinski definition) is 2. The first-order chi connectivity index (χ1) is 11.0. The summed E-state index contributed by atoms with van der Waals surface area (Å²) in [6, 6.07) is -0.127. The summed E-state index contributed by atoms with van der Waals surface area (Å²) in [6.45, 7) is 6.13. The van der Waals surface area contributed by atoms with E-state index in [1.807, 2.05) is 20.8 Å². The summed E-state index contributed by atoms with van der Waals surface area (Å²) in [6.07, 6.45) is 1.69. The van der Waals surface area contributed by atoms with Gasteiger partial charge in [0.25, 0.3) is 11.8 Å². The number of aromatic nitrogens is 2. The molecule has 0 aliphatic rings. The molecule has 0 aliphatic heterocycles. The predicted octanol–water partition coefficient (Wildman–Crippen LogP) is 2.54. The largest absolute Gasteiger partial charge is 0.349 e. The third-order valence-corrected chi connectivity index (χ3v) is 4.73. The van der Waals surface area contributed by atoms with Gasteiger partial charge in [0.15, 0.2) is 0 Å². The summed E-state index contributed by atoms with van der Waals surface area (Å²) in [4.78, 5) is 32.5. The Balaban J connectivity index is 1.90. The van der Waals surface area contributed by atoms with Crippen molar-refractivity contribution in [2.45, 2.75) is 39.7 Å². The van der Waals surface area contributed by atoms with Crippen LogP contribution in [0, 0.1) is 13.8 Å². The second-order valence-electron chi connectivity index (χ2n) is 5.17. The summed E-state index contributed by atoms with van der Waals surface area (Å²) in [5.41, 5.74) is 0.847. The number of hydrogen-bond acceptors (Lipinski definition) is 6. The van der Waals surface area contributed by atoms with Crippen LogP contribution in [0.3, 0.4) is 0 Å². The smallest absolute Gasteiger partial charge is 0.271 e. The van der Waals surface area contributed by atoms with Gasteiger partial charge in [-0.2, -0.15) is 0 Å². The molecule has 2 aromatic rings. The zero-order valence-corrected chi connectivity index (χ0v) is 15.0. The summed E-state index contributed by atoms with van der Waals surface area (Å²) < 4.78 is 0. The Morgan fingerprint density at radius 1 is 1.09 bits per heavy atom. The molecule has 2 aromatic heterocycles. The summed E-state index contributed by atoms with van der Waals surface area (Å²) in [7, 11) is 0. The molecule has 6 nitrogen and oxygen atoms in total. The van der Waals surface area contributed by atoms with E-state index in [0.29, 0.717) is 17.9 Å². The van der Waals surface area contributed by atoms with Crippen LogP contribution in [0.4, 0.5) is 0 Å². The van der Waals surface area contributed by atoms with Crippen LogP contribution in [-0.2, 0) is 0 Å². The van der Waals surface area contributed by atoms with E-state index in [4.69, 9.17) is 0 Å². The summed E-state index contributed by atoms with van der Waals surface area (Å²) in [5, 5.41) is 10.9. The fraction of sp³-hybridized carbons (Fsp3) is 0.467. The lowest BCUT2D eigenvalue weighted by Gasteiger charge is -2.18. The molecular formula is C15H20N4O2S2. The average molecular weight is 352 g/mol. The highest BCUT2D eigenvalue weighted by Gasteiger charge is 2.17. The van der Waals surface area contributed by atoms with E-state index < -0.39 is 0 Å². The molecule has 2 amide bonds. The summed E-state index contributed by atoms with van der Waals surface area (Å²) >= 11 is 2.88. The van der Waals surface area contributed by atoms with Crippen molar-refractivity contribution in [2.24, 2.45) is 0 Å². The Hall–Kier alpha value is -1.80. The number of nitrogens with zero attached hydrogens (tertiary/aromatic N) is 2. The zero-order chi connectivity index (χ0) is 16.8. The molecule has 0 radical (unpaired) electrons. The minimum atomic E-state index is -0.214. The molecule has 2 heterocycles. The highest BCUT2D eigenvalue weighted by atomic mass is 32.1. The number of carbonyl (C=O) groups is 2. The maximum absolute atomic E-state index is 12.2. The third kappa shape index (κ3) is 5.11. The topological polar surface area (TPSA) is 84.0 Å². The molecule has 124 valence electrons. The van der Waals surface area contributed by atoms with Crippen LogP contribution in [0.25, 0.3) is 0 Å². The Bertz CT molecular complexity index is 681. The van der Waals surface area contributed by atoms with Gasteiger partial charge in [0, 0.05) is 23.3 Å². The quantitative estimate of drug-likeness (QED) is 0.802. The Morgan fingerprint density at radius 2 is 1.65 bits per heavy atom. The molecule has 2 rings (SSSR count). The van der Waals surface area contributed by atoms with E-state index >= 15 is 0 Å². The molecule has 0 fully saturated rings. The zero-order valence-electron chi connectivity index (χ0n) is 13.4. The van der Waals surface area contributed by atoms with Gasteiger partial charge in [0.2, 0.25) is 0 Å². The van der Waals surface area contributed by atoms with E-state index in [0.717, 1.165) is 22.9 Å². The Kier molecular flexibility index (Phi) is 6.23. The molecule has 0 aliphatic carbocycles. The van der Waals surface area contributed by atoms with Crippen molar-refractivity contribution >= 4 is 34.5 Å². The molecule has 0 bridgehead atoms. The van der Waals surface area contributed by atoms with Gasteiger partial charge >= 0.3 is 0 Å². The second kappa shape index (κ2) is 8.16. The first kappa shape index (κ1) is 17.6. The molecule has 2 N–H and O–H groups in total. The predicted molar refractivity (Wildman–Crippen MR) is 92.2 cm³/mol. The Morgan fingerprint density at radius 3 is 2.13 bits per heavy atom. The lowest BCUT2D eigenvalue weighted by molar-refractivity contribution is 0.0902. The van der Waals surface area contributed by atoms with Crippen molar-refractivity contribution in [1.82, 2.24) is 20.6 Å². The number of thiazole rings is 2. The fourth-order valence-corrected chi connectivity index (χ4v) is 3.26. The van der Waals surface area contributed by atoms with Crippen molar-refractivity contribution in [3.05, 3.63) is 32.2 Å². The van der Waals surface area contributed by atoms with E-state index in [9.17, 15) is 9.59 Å². The molecule has 1 atom stereocenters. The standard InChI is InChI=1S/C15H20N4O2S2/c1-4-5-11(19-15(21)13-8-23-10(3)18-13)6-16-14(20)12-7-22-9(2)17-12/h7-8,11H,4-6H2,1-3H3,(H,16,20)(H,19,21). The van der Waals surface area contributed by atoms with E-state index in [1.165, 1.54) is 22.7 Å². The molecule has 1 unspecified atom stereocenters. The number of nitrogens with one attached hydrogen (secondary N) is 2. The molecule has 0 spiro atoms. The van der Waals surface area contributed by atoms with E-state index in [2.05, 4.69) is 20.6 Å². The van der Waals surface area contributed by atoms with Gasteiger partial charge in [-0.05, 0) is 20.3 Å². The van der Waals surface area contributed by atoms with Gasteiger partial charge in [-0.25, -0.2) is 9.97 Å². The maximum atomic E-state index is 12.2. The minimum absolute atomic E-state index is 0.127.